The van der Waals surface area contributed by atoms with Crippen LogP contribution in [0.25, 0.3) is 33.1 Å². The molecule has 2 heterocycles. The number of fused-ring (bicyclic) bond motifs is 2. The van der Waals surface area contributed by atoms with Gasteiger partial charge in [-0.1, -0.05) is 64.5 Å². The highest BCUT2D eigenvalue weighted by atomic mass is 79.9. The van der Waals surface area contributed by atoms with Crippen molar-refractivity contribution in [2.24, 2.45) is 0 Å². The number of hydrogen-bond acceptors (Lipinski definition) is 5. The van der Waals surface area contributed by atoms with E-state index in [4.69, 9.17) is 9.15 Å². The number of hydrogen-bond donors (Lipinski definition) is 0. The number of ketones is 1. The average Bonchev–Trinajstić information content (AvgIpc) is 3.26. The minimum atomic E-state index is -0.593. The Labute approximate surface area is 191 Å². The van der Waals surface area contributed by atoms with E-state index in [2.05, 4.69) is 20.9 Å². The number of para-hydroxylation sites is 2. The third kappa shape index (κ3) is 3.92. The largest absolute Gasteiger partial charge is 0.454 e. The van der Waals surface area contributed by atoms with Crippen LogP contribution in [0.2, 0.25) is 0 Å². The Morgan fingerprint density at radius 3 is 2.56 bits per heavy atom. The molecule has 0 radical (unpaired) electrons. The molecular formula is C26H16BrNO4. The van der Waals surface area contributed by atoms with Crippen molar-refractivity contribution in [1.82, 2.24) is 4.98 Å². The third-order valence-corrected chi connectivity index (χ3v) is 5.58. The molecule has 0 aliphatic carbocycles. The lowest BCUT2D eigenvalue weighted by molar-refractivity contribution is 0.0470. The van der Waals surface area contributed by atoms with Gasteiger partial charge in [-0.05, 0) is 36.4 Å². The molecule has 156 valence electrons. The van der Waals surface area contributed by atoms with Crippen molar-refractivity contribution >= 4 is 49.6 Å². The van der Waals surface area contributed by atoms with Crippen LogP contribution in [-0.2, 0) is 4.74 Å². The second-order valence-corrected chi connectivity index (χ2v) is 8.15. The smallest absolute Gasteiger partial charge is 0.339 e. The van der Waals surface area contributed by atoms with E-state index in [1.807, 2.05) is 66.7 Å². The zero-order valence-corrected chi connectivity index (χ0v) is 18.3. The van der Waals surface area contributed by atoms with Crippen molar-refractivity contribution < 1.29 is 18.7 Å². The summed E-state index contributed by atoms with van der Waals surface area (Å²) in [7, 11) is 0. The number of halogens is 1. The standard InChI is InChI=1S/C26H16BrNO4/c27-18-8-5-7-16(12-18)22-14-20(19-9-2-3-10-21(19)28-22)26(30)31-15-23(29)25-13-17-6-1-4-11-24(17)32-25/h1-14H,15H2. The van der Waals surface area contributed by atoms with Gasteiger partial charge in [0.05, 0.1) is 16.8 Å². The number of furan rings is 1. The molecule has 0 saturated carbocycles. The van der Waals surface area contributed by atoms with Crippen LogP contribution in [0.1, 0.15) is 20.9 Å². The molecule has 0 spiro atoms. The molecule has 0 unspecified atom stereocenters. The Kier molecular flexibility index (Phi) is 5.29. The van der Waals surface area contributed by atoms with E-state index in [0.717, 1.165) is 15.4 Å². The van der Waals surface area contributed by atoms with E-state index in [0.29, 0.717) is 27.7 Å². The Morgan fingerprint density at radius 2 is 1.72 bits per heavy atom. The predicted octanol–water partition coefficient (Wildman–Crippen LogP) is 6.45. The van der Waals surface area contributed by atoms with Crippen LogP contribution in [0.5, 0.6) is 0 Å². The molecule has 32 heavy (non-hydrogen) atoms. The Morgan fingerprint density at radius 1 is 0.906 bits per heavy atom. The normalized spacial score (nSPS) is 11.0. The van der Waals surface area contributed by atoms with E-state index in [1.54, 1.807) is 18.2 Å². The van der Waals surface area contributed by atoms with Crippen molar-refractivity contribution in [1.29, 1.82) is 0 Å². The summed E-state index contributed by atoms with van der Waals surface area (Å²) in [6, 6.07) is 25.7. The van der Waals surface area contributed by atoms with Gasteiger partial charge in [-0.25, -0.2) is 9.78 Å². The first-order valence-corrected chi connectivity index (χ1v) is 10.7. The summed E-state index contributed by atoms with van der Waals surface area (Å²) in [5, 5.41) is 1.48. The highest BCUT2D eigenvalue weighted by Gasteiger charge is 2.19. The van der Waals surface area contributed by atoms with Crippen LogP contribution < -0.4 is 0 Å². The van der Waals surface area contributed by atoms with Crippen molar-refractivity contribution in [3.63, 3.8) is 0 Å². The summed E-state index contributed by atoms with van der Waals surface area (Å²) < 4.78 is 11.9. The number of rotatable bonds is 5. The number of benzene rings is 3. The van der Waals surface area contributed by atoms with Gasteiger partial charge in [0.1, 0.15) is 5.58 Å². The monoisotopic (exact) mass is 485 g/mol. The molecule has 0 fully saturated rings. The molecule has 2 aromatic heterocycles. The summed E-state index contributed by atoms with van der Waals surface area (Å²) in [4.78, 5) is 30.2. The first kappa shape index (κ1) is 20.2. The molecule has 0 N–H and O–H groups in total. The fourth-order valence-corrected chi connectivity index (χ4v) is 3.94. The number of esters is 1. The molecule has 0 aliphatic rings. The number of carbonyl (C=O) groups excluding carboxylic acids is 2. The van der Waals surface area contributed by atoms with Gasteiger partial charge in [0.2, 0.25) is 5.78 Å². The van der Waals surface area contributed by atoms with Crippen LogP contribution >= 0.6 is 15.9 Å². The highest BCUT2D eigenvalue weighted by Crippen LogP contribution is 2.27. The second kappa shape index (κ2) is 8.40. The maximum Gasteiger partial charge on any atom is 0.339 e. The van der Waals surface area contributed by atoms with Crippen LogP contribution in [-0.4, -0.2) is 23.3 Å². The van der Waals surface area contributed by atoms with Crippen LogP contribution in [0.15, 0.2) is 93.8 Å². The van der Waals surface area contributed by atoms with E-state index in [9.17, 15) is 9.59 Å². The van der Waals surface area contributed by atoms with Gasteiger partial charge in [0.25, 0.3) is 0 Å². The summed E-state index contributed by atoms with van der Waals surface area (Å²) in [6.45, 7) is -0.415. The number of aromatic nitrogens is 1. The fraction of sp³-hybridized carbons (Fsp3) is 0.0385. The molecule has 0 saturated heterocycles. The van der Waals surface area contributed by atoms with Crippen LogP contribution in [0, 0.1) is 0 Å². The molecule has 0 aliphatic heterocycles. The molecule has 5 aromatic rings. The molecule has 3 aromatic carbocycles. The summed E-state index contributed by atoms with van der Waals surface area (Å²) in [6.07, 6.45) is 0. The average molecular weight is 486 g/mol. The quantitative estimate of drug-likeness (QED) is 0.211. The maximum atomic E-state index is 13.0. The molecule has 0 amide bonds. The lowest BCUT2D eigenvalue weighted by Gasteiger charge is -2.10. The highest BCUT2D eigenvalue weighted by molar-refractivity contribution is 9.10. The SMILES string of the molecule is O=C(COC(=O)c1cc(-c2cccc(Br)c2)nc2ccccc12)c1cc2ccccc2o1. The number of ether oxygens (including phenoxy) is 1. The molecule has 5 nitrogen and oxygen atoms in total. The van der Waals surface area contributed by atoms with Gasteiger partial charge >= 0.3 is 5.97 Å². The summed E-state index contributed by atoms with van der Waals surface area (Å²) >= 11 is 3.47. The number of pyridine rings is 1. The molecule has 0 bridgehead atoms. The number of Topliss-reactive ketones (excluding diaryl/α,β-unsaturated/α-hetero) is 1. The summed E-state index contributed by atoms with van der Waals surface area (Å²) in [5.41, 5.74) is 3.13. The van der Waals surface area contributed by atoms with Gasteiger partial charge in [-0.15, -0.1) is 0 Å². The maximum absolute atomic E-state index is 13.0. The molecule has 5 rings (SSSR count). The predicted molar refractivity (Wildman–Crippen MR) is 126 cm³/mol. The van der Waals surface area contributed by atoms with Gasteiger partial charge in [-0.2, -0.15) is 0 Å². The molecule has 6 heteroatoms. The Balaban J connectivity index is 1.44. The topological polar surface area (TPSA) is 69.4 Å². The van der Waals surface area contributed by atoms with Crippen molar-refractivity contribution in [2.75, 3.05) is 6.61 Å². The first-order valence-electron chi connectivity index (χ1n) is 9.93. The minimum Gasteiger partial charge on any atom is -0.454 e. The first-order chi connectivity index (χ1) is 15.6. The van der Waals surface area contributed by atoms with Crippen molar-refractivity contribution in [2.45, 2.75) is 0 Å². The van der Waals surface area contributed by atoms with Gasteiger partial charge in [0, 0.05) is 20.8 Å². The summed E-state index contributed by atoms with van der Waals surface area (Å²) in [5.74, 6) is -0.835. The van der Waals surface area contributed by atoms with E-state index < -0.39 is 18.4 Å². The van der Waals surface area contributed by atoms with Crippen LogP contribution in [0.4, 0.5) is 0 Å². The number of nitrogens with zero attached hydrogens (tertiary/aromatic N) is 1. The Hall–Kier alpha value is -3.77. The van der Waals surface area contributed by atoms with E-state index >= 15 is 0 Å². The zero-order chi connectivity index (χ0) is 22.1. The minimum absolute atomic E-state index is 0.161. The molecule has 0 atom stereocenters. The lowest BCUT2D eigenvalue weighted by Crippen LogP contribution is -2.14. The van der Waals surface area contributed by atoms with E-state index in [-0.39, 0.29) is 5.76 Å². The van der Waals surface area contributed by atoms with Crippen LogP contribution in [0.3, 0.4) is 0 Å². The van der Waals surface area contributed by atoms with Crippen molar-refractivity contribution in [3.05, 3.63) is 101 Å². The van der Waals surface area contributed by atoms with E-state index in [1.165, 1.54) is 0 Å². The lowest BCUT2D eigenvalue weighted by atomic mass is 10.0. The molecular weight excluding hydrogens is 470 g/mol. The van der Waals surface area contributed by atoms with Gasteiger partial charge in [-0.3, -0.25) is 4.79 Å². The van der Waals surface area contributed by atoms with Gasteiger partial charge < -0.3 is 9.15 Å². The second-order valence-electron chi connectivity index (χ2n) is 7.23. The number of carbonyl (C=O) groups is 2. The fourth-order valence-electron chi connectivity index (χ4n) is 3.54. The third-order valence-electron chi connectivity index (χ3n) is 5.09. The zero-order valence-electron chi connectivity index (χ0n) is 16.7. The van der Waals surface area contributed by atoms with Gasteiger partial charge in [0.15, 0.2) is 12.4 Å². The van der Waals surface area contributed by atoms with Crippen molar-refractivity contribution in [3.8, 4) is 11.3 Å². The Bertz CT molecular complexity index is 1460.